The van der Waals surface area contributed by atoms with E-state index < -0.39 is 32.6 Å². The molecule has 2 heterocycles. The molecular formula is C35H43ClN2O6S. The molecule has 2 aliphatic heterocycles. The summed E-state index contributed by atoms with van der Waals surface area (Å²) in [6, 6.07) is 11.3. The van der Waals surface area contributed by atoms with Gasteiger partial charge in [-0.15, -0.1) is 0 Å². The van der Waals surface area contributed by atoms with Crippen LogP contribution in [0.5, 0.6) is 5.75 Å². The SMILES string of the molecule is C[C@@H]1[C@@H](C)C/C=C/C(C)(CC(=O)O)[C@@H]2CC[C@H]2CN2C[C@@]3(CCCc4cc(Cl)ccc43)COc3ccc(cc32)C(=O)NS1(=O)=O. The van der Waals surface area contributed by atoms with Crippen LogP contribution in [0.4, 0.5) is 5.69 Å². The van der Waals surface area contributed by atoms with Gasteiger partial charge in [-0.25, -0.2) is 13.1 Å². The number of nitrogens with one attached hydrogen (secondary N) is 1. The number of allylic oxidation sites excluding steroid dienone is 2. The molecule has 1 spiro atoms. The van der Waals surface area contributed by atoms with E-state index in [0.29, 0.717) is 36.9 Å². The summed E-state index contributed by atoms with van der Waals surface area (Å²) < 4.78 is 35.5. The van der Waals surface area contributed by atoms with Crippen molar-refractivity contribution in [2.45, 2.75) is 76.4 Å². The first-order valence-corrected chi connectivity index (χ1v) is 18.0. The summed E-state index contributed by atoms with van der Waals surface area (Å²) in [4.78, 5) is 27.9. The lowest BCUT2D eigenvalue weighted by molar-refractivity contribution is -0.140. The zero-order valence-electron chi connectivity index (χ0n) is 26.2. The van der Waals surface area contributed by atoms with Gasteiger partial charge in [0.1, 0.15) is 5.75 Å². The van der Waals surface area contributed by atoms with Gasteiger partial charge in [0.2, 0.25) is 10.0 Å². The molecule has 4 aliphatic rings. The highest BCUT2D eigenvalue weighted by Gasteiger charge is 2.47. The molecule has 1 unspecified atom stereocenters. The van der Waals surface area contributed by atoms with Crippen molar-refractivity contribution in [2.75, 3.05) is 24.6 Å². The Balaban J connectivity index is 1.46. The van der Waals surface area contributed by atoms with Crippen molar-refractivity contribution in [3.05, 3.63) is 70.3 Å². The maximum absolute atomic E-state index is 13.4. The molecule has 2 aromatic carbocycles. The summed E-state index contributed by atoms with van der Waals surface area (Å²) in [5.74, 6) is -0.764. The third kappa shape index (κ3) is 6.10. The van der Waals surface area contributed by atoms with Crippen molar-refractivity contribution >= 4 is 39.2 Å². The highest BCUT2D eigenvalue weighted by atomic mass is 35.5. The molecular weight excluding hydrogens is 612 g/mol. The molecule has 0 radical (unpaired) electrons. The van der Waals surface area contributed by atoms with Crippen LogP contribution in [-0.2, 0) is 26.7 Å². The monoisotopic (exact) mass is 654 g/mol. The molecule has 242 valence electrons. The summed E-state index contributed by atoms with van der Waals surface area (Å²) in [7, 11) is -3.98. The molecule has 2 aromatic rings. The van der Waals surface area contributed by atoms with Gasteiger partial charge in [0.15, 0.2) is 0 Å². The number of rotatable bonds is 2. The Morgan fingerprint density at radius 1 is 1.18 bits per heavy atom. The Hall–Kier alpha value is -3.04. The molecule has 8 nitrogen and oxygen atoms in total. The van der Waals surface area contributed by atoms with Crippen LogP contribution in [0.2, 0.25) is 5.02 Å². The minimum atomic E-state index is -3.98. The number of aryl methyl sites for hydroxylation is 1. The maximum atomic E-state index is 13.4. The number of carboxylic acids is 1. The number of nitrogens with zero attached hydrogens (tertiary/aromatic N) is 1. The zero-order valence-corrected chi connectivity index (χ0v) is 27.8. The minimum absolute atomic E-state index is 0.00484. The van der Waals surface area contributed by atoms with E-state index in [0.717, 1.165) is 37.8 Å². The number of ether oxygens (including phenoxy) is 1. The number of aliphatic carboxylic acids is 1. The van der Waals surface area contributed by atoms with Crippen molar-refractivity contribution in [3.8, 4) is 5.75 Å². The first kappa shape index (κ1) is 31.9. The van der Waals surface area contributed by atoms with Gasteiger partial charge in [0.05, 0.1) is 24.0 Å². The van der Waals surface area contributed by atoms with Gasteiger partial charge < -0.3 is 14.7 Å². The van der Waals surface area contributed by atoms with Gasteiger partial charge in [-0.05, 0) is 110 Å². The molecule has 6 atom stereocenters. The number of fused-ring (bicyclic) bond motifs is 4. The van der Waals surface area contributed by atoms with E-state index in [1.807, 2.05) is 32.1 Å². The second kappa shape index (κ2) is 12.0. The number of sulfonamides is 1. The van der Waals surface area contributed by atoms with Crippen LogP contribution < -0.4 is 14.4 Å². The van der Waals surface area contributed by atoms with Gasteiger partial charge in [0.25, 0.3) is 5.91 Å². The average molecular weight is 655 g/mol. The van der Waals surface area contributed by atoms with Crippen molar-refractivity contribution in [3.63, 3.8) is 0 Å². The summed E-state index contributed by atoms with van der Waals surface area (Å²) >= 11 is 6.41. The van der Waals surface area contributed by atoms with E-state index in [1.54, 1.807) is 25.1 Å². The largest absolute Gasteiger partial charge is 0.490 e. The van der Waals surface area contributed by atoms with Gasteiger partial charge in [0, 0.05) is 29.1 Å². The van der Waals surface area contributed by atoms with Crippen LogP contribution in [0.3, 0.4) is 0 Å². The number of carbonyl (C=O) groups is 2. The Morgan fingerprint density at radius 3 is 2.71 bits per heavy atom. The van der Waals surface area contributed by atoms with Crippen molar-refractivity contribution < 1.29 is 27.9 Å². The van der Waals surface area contributed by atoms with E-state index in [-0.39, 0.29) is 35.2 Å². The number of halogens is 1. The predicted molar refractivity (Wildman–Crippen MR) is 176 cm³/mol. The second-order valence-corrected chi connectivity index (χ2v) is 16.6. The van der Waals surface area contributed by atoms with E-state index in [2.05, 4.69) is 21.8 Å². The van der Waals surface area contributed by atoms with Gasteiger partial charge in [-0.3, -0.25) is 9.59 Å². The van der Waals surface area contributed by atoms with Crippen molar-refractivity contribution in [1.82, 2.24) is 4.72 Å². The summed E-state index contributed by atoms with van der Waals surface area (Å²) in [6.45, 7) is 7.27. The summed E-state index contributed by atoms with van der Waals surface area (Å²) in [5.41, 5.74) is 2.58. The predicted octanol–water partition coefficient (Wildman–Crippen LogP) is 6.36. The number of benzene rings is 2. The van der Waals surface area contributed by atoms with Crippen LogP contribution in [0.1, 0.15) is 80.8 Å². The number of hydrogen-bond acceptors (Lipinski definition) is 6. The lowest BCUT2D eigenvalue weighted by Crippen LogP contribution is -2.50. The normalized spacial score (nSPS) is 33.4. The first-order valence-electron chi connectivity index (χ1n) is 16.1. The lowest BCUT2D eigenvalue weighted by Gasteiger charge is -2.50. The third-order valence-corrected chi connectivity index (χ3v) is 13.2. The number of amides is 1. The van der Waals surface area contributed by atoms with E-state index in [9.17, 15) is 23.1 Å². The molecule has 1 saturated carbocycles. The summed E-state index contributed by atoms with van der Waals surface area (Å²) in [6.07, 6.45) is 9.20. The van der Waals surface area contributed by atoms with Gasteiger partial charge >= 0.3 is 5.97 Å². The molecule has 10 heteroatoms. The maximum Gasteiger partial charge on any atom is 0.304 e. The number of hydrogen-bond donors (Lipinski definition) is 2. The fourth-order valence-electron chi connectivity index (χ4n) is 8.16. The van der Waals surface area contributed by atoms with Crippen molar-refractivity contribution in [1.29, 1.82) is 0 Å². The smallest absolute Gasteiger partial charge is 0.304 e. The molecule has 6 rings (SSSR count). The lowest BCUT2D eigenvalue weighted by atomic mass is 9.58. The Labute approximate surface area is 271 Å². The van der Waals surface area contributed by atoms with E-state index >= 15 is 0 Å². The second-order valence-electron chi connectivity index (χ2n) is 14.1. The number of carbonyl (C=O) groups excluding carboxylic acids is 1. The van der Waals surface area contributed by atoms with Crippen LogP contribution in [0, 0.1) is 23.2 Å². The molecule has 45 heavy (non-hydrogen) atoms. The van der Waals surface area contributed by atoms with E-state index in [1.165, 1.54) is 11.1 Å². The molecule has 2 N–H and O–H groups in total. The molecule has 0 aromatic heterocycles. The molecule has 1 fully saturated rings. The standard InChI is InChI=1S/C35H43ClN2O6S/c1-22-6-4-14-34(3,18-32(39)40)28-11-8-26(28)19-38-20-35(15-5-7-24-16-27(36)10-12-29(24)35)21-44-31-13-9-25(17-30(31)38)33(41)37-45(42,43)23(22)2/h4,9-10,12-14,16-17,22-23,26,28H,5-8,11,15,18-21H2,1-3H3,(H,37,41)(H,39,40)/b14-4+/t22-,23+,26-,28+,34?,35-/m0/s1. The molecule has 0 saturated heterocycles. The quantitative estimate of drug-likeness (QED) is 0.362. The molecule has 2 aliphatic carbocycles. The Bertz CT molecular complexity index is 1640. The highest BCUT2D eigenvalue weighted by Crippen LogP contribution is 2.52. The van der Waals surface area contributed by atoms with Crippen LogP contribution in [0.25, 0.3) is 0 Å². The minimum Gasteiger partial charge on any atom is -0.490 e. The molecule has 1 amide bonds. The molecule has 2 bridgehead atoms. The Kier molecular flexibility index (Phi) is 8.48. The van der Waals surface area contributed by atoms with Gasteiger partial charge in [-0.1, -0.05) is 43.7 Å². The average Bonchev–Trinajstić information content (AvgIpc) is 3.10. The topological polar surface area (TPSA) is 113 Å². The highest BCUT2D eigenvalue weighted by molar-refractivity contribution is 7.90. The van der Waals surface area contributed by atoms with Crippen LogP contribution in [0.15, 0.2) is 48.6 Å². The van der Waals surface area contributed by atoms with Gasteiger partial charge in [-0.2, -0.15) is 0 Å². The summed E-state index contributed by atoms with van der Waals surface area (Å²) in [5, 5.41) is 9.83. The van der Waals surface area contributed by atoms with Crippen LogP contribution in [-0.4, -0.2) is 50.3 Å². The zero-order chi connectivity index (χ0) is 32.1. The van der Waals surface area contributed by atoms with E-state index in [4.69, 9.17) is 16.3 Å². The fraction of sp³-hybridized carbons (Fsp3) is 0.543. The fourth-order valence-corrected chi connectivity index (χ4v) is 9.64. The Morgan fingerprint density at radius 2 is 1.98 bits per heavy atom. The number of anilines is 1. The number of carboxylic acid groups (broad SMARTS) is 1. The third-order valence-electron chi connectivity index (χ3n) is 11.1. The first-order chi connectivity index (χ1) is 21.3. The van der Waals surface area contributed by atoms with Crippen molar-refractivity contribution in [2.24, 2.45) is 23.2 Å². The van der Waals surface area contributed by atoms with Crippen LogP contribution >= 0.6 is 11.6 Å².